The molecule has 2 atom stereocenters. The molecule has 2 bridgehead atoms. The number of hydrogen-bond acceptors (Lipinski definition) is 4. The highest BCUT2D eigenvalue weighted by molar-refractivity contribution is 5.93. The number of morpholine rings is 1. The number of aromatic nitrogens is 1. The minimum atomic E-state index is -0.924. The second-order valence-electron chi connectivity index (χ2n) is 4.18. The minimum absolute atomic E-state index is 0.244. The number of fused-ring (bicyclic) bond motifs is 2. The van der Waals surface area contributed by atoms with Gasteiger partial charge in [-0.2, -0.15) is 0 Å². The average Bonchev–Trinajstić information content (AvgIpc) is 2.90. The van der Waals surface area contributed by atoms with Gasteiger partial charge in [0.1, 0.15) is 11.4 Å². The SMILES string of the molecule is O=C(O)c1cccnc1N1CC2CC1CO2. The molecule has 5 nitrogen and oxygen atoms in total. The predicted molar refractivity (Wildman–Crippen MR) is 56.7 cm³/mol. The molecule has 1 aromatic rings. The summed E-state index contributed by atoms with van der Waals surface area (Å²) in [5.41, 5.74) is 0.273. The number of carboxylic acids is 1. The molecule has 2 aliphatic heterocycles. The van der Waals surface area contributed by atoms with Crippen LogP contribution in [0.25, 0.3) is 0 Å². The first-order valence-corrected chi connectivity index (χ1v) is 5.32. The monoisotopic (exact) mass is 220 g/mol. The molecule has 3 rings (SSSR count). The normalized spacial score (nSPS) is 27.4. The van der Waals surface area contributed by atoms with Gasteiger partial charge in [-0.25, -0.2) is 9.78 Å². The number of nitrogens with zero attached hydrogens (tertiary/aromatic N) is 2. The summed E-state index contributed by atoms with van der Waals surface area (Å²) in [5, 5.41) is 9.10. The summed E-state index contributed by atoms with van der Waals surface area (Å²) in [4.78, 5) is 17.3. The van der Waals surface area contributed by atoms with Crippen molar-refractivity contribution >= 4 is 11.8 Å². The Bertz CT molecular complexity index is 435. The van der Waals surface area contributed by atoms with Crippen molar-refractivity contribution in [3.8, 4) is 0 Å². The first-order chi connectivity index (χ1) is 7.75. The zero-order valence-electron chi connectivity index (χ0n) is 8.67. The van der Waals surface area contributed by atoms with Crippen LogP contribution < -0.4 is 4.90 Å². The molecule has 0 amide bonds. The molecule has 5 heteroatoms. The fourth-order valence-corrected chi connectivity index (χ4v) is 2.45. The quantitative estimate of drug-likeness (QED) is 0.797. The van der Waals surface area contributed by atoms with E-state index in [4.69, 9.17) is 9.84 Å². The van der Waals surface area contributed by atoms with Gasteiger partial charge in [-0.1, -0.05) is 0 Å². The predicted octanol–water partition coefficient (Wildman–Crippen LogP) is 0.757. The number of ether oxygens (including phenoxy) is 1. The number of rotatable bonds is 2. The highest BCUT2D eigenvalue weighted by Crippen LogP contribution is 2.32. The van der Waals surface area contributed by atoms with E-state index in [9.17, 15) is 4.79 Å². The van der Waals surface area contributed by atoms with Gasteiger partial charge in [0.2, 0.25) is 0 Å². The van der Waals surface area contributed by atoms with E-state index >= 15 is 0 Å². The van der Waals surface area contributed by atoms with Gasteiger partial charge in [0, 0.05) is 12.7 Å². The van der Waals surface area contributed by atoms with E-state index in [2.05, 4.69) is 9.88 Å². The van der Waals surface area contributed by atoms with E-state index in [1.807, 2.05) is 0 Å². The van der Waals surface area contributed by atoms with Crippen molar-refractivity contribution in [3.63, 3.8) is 0 Å². The first kappa shape index (κ1) is 9.59. The second kappa shape index (κ2) is 3.45. The Morgan fingerprint density at radius 3 is 3.12 bits per heavy atom. The van der Waals surface area contributed by atoms with Crippen molar-refractivity contribution < 1.29 is 14.6 Å². The number of aromatic carboxylic acids is 1. The molecule has 0 saturated carbocycles. The Hall–Kier alpha value is -1.62. The average molecular weight is 220 g/mol. The van der Waals surface area contributed by atoms with E-state index in [0.717, 1.165) is 13.0 Å². The zero-order valence-corrected chi connectivity index (χ0v) is 8.67. The molecule has 2 fully saturated rings. The molecule has 0 radical (unpaired) electrons. The highest BCUT2D eigenvalue weighted by Gasteiger charge is 2.40. The minimum Gasteiger partial charge on any atom is -0.478 e. The van der Waals surface area contributed by atoms with Crippen molar-refractivity contribution in [2.75, 3.05) is 18.1 Å². The lowest BCUT2D eigenvalue weighted by molar-refractivity contribution is 0.0695. The summed E-state index contributed by atoms with van der Waals surface area (Å²) < 4.78 is 5.49. The summed E-state index contributed by atoms with van der Waals surface area (Å²) in [6, 6.07) is 3.54. The van der Waals surface area contributed by atoms with Crippen LogP contribution in [0.15, 0.2) is 18.3 Å². The fraction of sp³-hybridized carbons (Fsp3) is 0.455. The number of carboxylic acid groups (broad SMARTS) is 1. The van der Waals surface area contributed by atoms with Crippen LogP contribution in [0.4, 0.5) is 5.82 Å². The maximum atomic E-state index is 11.1. The second-order valence-corrected chi connectivity index (χ2v) is 4.18. The number of anilines is 1. The molecule has 1 N–H and O–H groups in total. The largest absolute Gasteiger partial charge is 0.478 e. The smallest absolute Gasteiger partial charge is 0.339 e. The van der Waals surface area contributed by atoms with Crippen molar-refractivity contribution in [3.05, 3.63) is 23.9 Å². The summed E-state index contributed by atoms with van der Waals surface area (Å²) in [5.74, 6) is -0.349. The summed E-state index contributed by atoms with van der Waals surface area (Å²) >= 11 is 0. The Kier molecular flexibility index (Phi) is 2.07. The van der Waals surface area contributed by atoms with E-state index in [1.54, 1.807) is 18.3 Å². The maximum absolute atomic E-state index is 11.1. The molecule has 2 unspecified atom stereocenters. The van der Waals surface area contributed by atoms with E-state index in [0.29, 0.717) is 12.4 Å². The topological polar surface area (TPSA) is 62.7 Å². The number of carbonyl (C=O) groups is 1. The molecular weight excluding hydrogens is 208 g/mol. The van der Waals surface area contributed by atoms with Gasteiger partial charge in [-0.05, 0) is 18.6 Å². The van der Waals surface area contributed by atoms with Crippen LogP contribution in [-0.2, 0) is 4.74 Å². The van der Waals surface area contributed by atoms with Crippen LogP contribution in [0.1, 0.15) is 16.8 Å². The van der Waals surface area contributed by atoms with Crippen LogP contribution in [-0.4, -0.2) is 41.4 Å². The molecule has 1 aromatic heterocycles. The van der Waals surface area contributed by atoms with Crippen LogP contribution in [0.5, 0.6) is 0 Å². The third kappa shape index (κ3) is 1.36. The van der Waals surface area contributed by atoms with Crippen LogP contribution in [0.2, 0.25) is 0 Å². The standard InChI is InChI=1S/C11H12N2O3/c14-11(15)9-2-1-3-12-10(9)13-5-8-4-7(13)6-16-8/h1-3,7-8H,4-6H2,(H,14,15). The summed E-state index contributed by atoms with van der Waals surface area (Å²) in [6.45, 7) is 1.43. The first-order valence-electron chi connectivity index (χ1n) is 5.32. The van der Waals surface area contributed by atoms with Gasteiger partial charge in [-0.15, -0.1) is 0 Å². The number of hydrogen-bond donors (Lipinski definition) is 1. The van der Waals surface area contributed by atoms with Gasteiger partial charge in [0.25, 0.3) is 0 Å². The molecule has 84 valence electrons. The summed E-state index contributed by atoms with van der Waals surface area (Å²) in [7, 11) is 0. The molecule has 16 heavy (non-hydrogen) atoms. The van der Waals surface area contributed by atoms with Gasteiger partial charge in [-0.3, -0.25) is 0 Å². The van der Waals surface area contributed by atoms with Gasteiger partial charge < -0.3 is 14.7 Å². The third-order valence-corrected chi connectivity index (χ3v) is 3.19. The Labute approximate surface area is 92.7 Å². The van der Waals surface area contributed by atoms with Crippen molar-refractivity contribution in [1.82, 2.24) is 4.98 Å². The van der Waals surface area contributed by atoms with Crippen LogP contribution in [0, 0.1) is 0 Å². The molecule has 0 spiro atoms. The molecule has 2 saturated heterocycles. The molecule has 0 aliphatic carbocycles. The molecular formula is C11H12N2O3. The van der Waals surface area contributed by atoms with Crippen molar-refractivity contribution in [2.24, 2.45) is 0 Å². The molecule has 2 aliphatic rings. The zero-order chi connectivity index (χ0) is 11.1. The third-order valence-electron chi connectivity index (χ3n) is 3.19. The van der Waals surface area contributed by atoms with Crippen molar-refractivity contribution in [2.45, 2.75) is 18.6 Å². The Morgan fingerprint density at radius 2 is 2.50 bits per heavy atom. The lowest BCUT2D eigenvalue weighted by Gasteiger charge is -2.28. The maximum Gasteiger partial charge on any atom is 0.339 e. The summed E-state index contributed by atoms with van der Waals surface area (Å²) in [6.07, 6.45) is 2.86. The molecule has 0 aromatic carbocycles. The van der Waals surface area contributed by atoms with Crippen LogP contribution >= 0.6 is 0 Å². The van der Waals surface area contributed by atoms with E-state index in [-0.39, 0.29) is 17.7 Å². The fourth-order valence-electron chi connectivity index (χ4n) is 2.45. The lowest BCUT2D eigenvalue weighted by atomic mass is 10.2. The van der Waals surface area contributed by atoms with Crippen LogP contribution in [0.3, 0.4) is 0 Å². The van der Waals surface area contributed by atoms with Crippen molar-refractivity contribution in [1.29, 1.82) is 0 Å². The highest BCUT2D eigenvalue weighted by atomic mass is 16.5. The van der Waals surface area contributed by atoms with Gasteiger partial charge in [0.05, 0.1) is 18.8 Å². The lowest BCUT2D eigenvalue weighted by Crippen LogP contribution is -2.38. The van der Waals surface area contributed by atoms with Gasteiger partial charge in [0.15, 0.2) is 0 Å². The van der Waals surface area contributed by atoms with Gasteiger partial charge >= 0.3 is 5.97 Å². The Balaban J connectivity index is 1.97. The van der Waals surface area contributed by atoms with E-state index < -0.39 is 5.97 Å². The van der Waals surface area contributed by atoms with E-state index in [1.165, 1.54) is 0 Å². The molecule has 3 heterocycles. The Morgan fingerprint density at radius 1 is 1.62 bits per heavy atom. The number of pyridine rings is 1.